The lowest BCUT2D eigenvalue weighted by molar-refractivity contribution is 0.0787. The Morgan fingerprint density at radius 3 is 2.30 bits per heavy atom. The molecule has 5 rings (SSSR count). The van der Waals surface area contributed by atoms with Crippen LogP contribution in [0.5, 0.6) is 5.75 Å². The average molecular weight is 451 g/mol. The lowest BCUT2D eigenvalue weighted by Gasteiger charge is -2.21. The summed E-state index contributed by atoms with van der Waals surface area (Å²) in [6.07, 6.45) is 5.29. The van der Waals surface area contributed by atoms with E-state index in [2.05, 4.69) is 34.1 Å². The number of hydrogen-bond acceptors (Lipinski definition) is 5. The van der Waals surface area contributed by atoms with Gasteiger partial charge >= 0.3 is 0 Å². The summed E-state index contributed by atoms with van der Waals surface area (Å²) < 4.78 is 7.31. The van der Waals surface area contributed by atoms with Gasteiger partial charge < -0.3 is 19.1 Å². The summed E-state index contributed by atoms with van der Waals surface area (Å²) in [5, 5.41) is 0. The number of likely N-dealkylation sites (tertiary alicyclic amines) is 1. The Balaban J connectivity index is 1.34. The normalized spacial score (nSPS) is 18.9. The zero-order valence-corrected chi connectivity index (χ0v) is 19.6. The van der Waals surface area contributed by atoms with E-state index in [1.54, 1.807) is 11.7 Å². The number of methoxy groups -OCH3 is 1. The Labute approximate surface area is 195 Å². The topological polar surface area (TPSA) is 58.0 Å². The van der Waals surface area contributed by atoms with Gasteiger partial charge in [-0.25, -0.2) is 0 Å². The van der Waals surface area contributed by atoms with E-state index in [0.29, 0.717) is 24.3 Å². The summed E-state index contributed by atoms with van der Waals surface area (Å²) in [6.45, 7) is 6.88. The van der Waals surface area contributed by atoms with Crippen LogP contribution in [0.4, 0.5) is 5.69 Å². The molecule has 0 aliphatic carbocycles. The number of pyridine rings is 1. The number of carbonyl (C=O) groups is 1. The molecule has 176 valence electrons. The van der Waals surface area contributed by atoms with Gasteiger partial charge in [-0.15, -0.1) is 0 Å². The van der Waals surface area contributed by atoms with Crippen LogP contribution in [0.2, 0.25) is 0 Å². The van der Waals surface area contributed by atoms with E-state index in [1.165, 1.54) is 30.2 Å². The van der Waals surface area contributed by atoms with Crippen molar-refractivity contribution >= 4 is 11.6 Å². The van der Waals surface area contributed by atoms with Crippen LogP contribution in [-0.4, -0.2) is 66.7 Å². The van der Waals surface area contributed by atoms with Crippen molar-refractivity contribution < 1.29 is 9.53 Å². The molecule has 0 spiro atoms. The van der Waals surface area contributed by atoms with E-state index in [0.717, 1.165) is 64.3 Å². The third-order valence-corrected chi connectivity index (χ3v) is 7.33. The quantitative estimate of drug-likeness (QED) is 0.701. The van der Waals surface area contributed by atoms with Crippen LogP contribution in [0.3, 0.4) is 0 Å². The maximum absolute atomic E-state index is 13.3. The molecule has 1 amide bonds. The largest absolute Gasteiger partial charge is 0.496 e. The standard InChI is InChI=1S/C26H34N4O3/c1-33-23-18-24(31)30-17-16-27(15-10-22(30)25(23)26(32)29-13-4-5-14-29)19-20-6-8-21(9-7-20)28-11-2-3-12-28/h6-9,18H,2-5,10-17,19H2,1H3. The minimum Gasteiger partial charge on any atom is -0.496 e. The van der Waals surface area contributed by atoms with E-state index in [9.17, 15) is 9.59 Å². The van der Waals surface area contributed by atoms with Crippen LogP contribution >= 0.6 is 0 Å². The van der Waals surface area contributed by atoms with Crippen molar-refractivity contribution in [2.45, 2.75) is 45.2 Å². The number of carbonyl (C=O) groups excluding carboxylic acids is 1. The fourth-order valence-electron chi connectivity index (χ4n) is 5.47. The molecule has 2 fully saturated rings. The molecule has 0 atom stereocenters. The fraction of sp³-hybridized carbons (Fsp3) is 0.538. The molecule has 0 bridgehead atoms. The molecule has 1 aromatic carbocycles. The smallest absolute Gasteiger partial charge is 0.259 e. The molecular weight excluding hydrogens is 416 g/mol. The molecule has 3 aliphatic heterocycles. The maximum atomic E-state index is 13.3. The highest BCUT2D eigenvalue weighted by Gasteiger charge is 2.29. The molecule has 2 aromatic rings. The van der Waals surface area contributed by atoms with Gasteiger partial charge in [-0.3, -0.25) is 14.5 Å². The molecule has 7 heteroatoms. The van der Waals surface area contributed by atoms with Crippen LogP contribution in [0.25, 0.3) is 0 Å². The number of hydrogen-bond donors (Lipinski definition) is 0. The van der Waals surface area contributed by atoms with E-state index in [4.69, 9.17) is 4.74 Å². The number of rotatable bonds is 5. The molecule has 0 N–H and O–H groups in total. The minimum atomic E-state index is -0.0864. The second-order valence-electron chi connectivity index (χ2n) is 9.41. The molecule has 0 radical (unpaired) electrons. The first-order valence-corrected chi connectivity index (χ1v) is 12.3. The molecule has 1 aromatic heterocycles. The lowest BCUT2D eigenvalue weighted by Crippen LogP contribution is -2.33. The van der Waals surface area contributed by atoms with Crippen molar-refractivity contribution in [2.24, 2.45) is 0 Å². The van der Waals surface area contributed by atoms with Crippen molar-refractivity contribution in [3.63, 3.8) is 0 Å². The molecule has 4 heterocycles. The molecule has 2 saturated heterocycles. The number of benzene rings is 1. The van der Waals surface area contributed by atoms with E-state index >= 15 is 0 Å². The Bertz CT molecular complexity index is 1050. The van der Waals surface area contributed by atoms with E-state index < -0.39 is 0 Å². The van der Waals surface area contributed by atoms with Crippen molar-refractivity contribution in [1.82, 2.24) is 14.4 Å². The summed E-state index contributed by atoms with van der Waals surface area (Å²) in [7, 11) is 1.54. The number of anilines is 1. The molecule has 3 aliphatic rings. The van der Waals surface area contributed by atoms with Gasteiger partial charge in [-0.05, 0) is 43.4 Å². The fourth-order valence-corrected chi connectivity index (χ4v) is 5.47. The summed E-state index contributed by atoms with van der Waals surface area (Å²) in [5.74, 6) is 0.410. The number of amides is 1. The number of ether oxygens (including phenoxy) is 1. The summed E-state index contributed by atoms with van der Waals surface area (Å²) >= 11 is 0. The second-order valence-corrected chi connectivity index (χ2v) is 9.41. The highest BCUT2D eigenvalue weighted by Crippen LogP contribution is 2.27. The van der Waals surface area contributed by atoms with Crippen LogP contribution in [0, 0.1) is 0 Å². The second kappa shape index (κ2) is 9.59. The lowest BCUT2D eigenvalue weighted by atomic mass is 10.1. The molecule has 0 unspecified atom stereocenters. The van der Waals surface area contributed by atoms with Crippen molar-refractivity contribution in [3.8, 4) is 5.75 Å². The first-order valence-electron chi connectivity index (χ1n) is 12.3. The highest BCUT2D eigenvalue weighted by atomic mass is 16.5. The SMILES string of the molecule is COc1cc(=O)n2c(c1C(=O)N1CCCC1)CCN(Cc1ccc(N3CCCC3)cc1)CC2. The maximum Gasteiger partial charge on any atom is 0.259 e. The van der Waals surface area contributed by atoms with Crippen molar-refractivity contribution in [1.29, 1.82) is 0 Å². The highest BCUT2D eigenvalue weighted by molar-refractivity contribution is 5.98. The average Bonchev–Trinajstić information content (AvgIpc) is 3.53. The Hall–Kier alpha value is -2.80. The van der Waals surface area contributed by atoms with Crippen LogP contribution in [0.1, 0.15) is 47.3 Å². The zero-order chi connectivity index (χ0) is 22.8. The molecular formula is C26H34N4O3. The number of fused-ring (bicyclic) bond motifs is 1. The van der Waals surface area contributed by atoms with Gasteiger partial charge in [-0.1, -0.05) is 12.1 Å². The molecule has 0 saturated carbocycles. The predicted octanol–water partition coefficient (Wildman–Crippen LogP) is 2.75. The third-order valence-electron chi connectivity index (χ3n) is 7.33. The monoisotopic (exact) mass is 450 g/mol. The summed E-state index contributed by atoms with van der Waals surface area (Å²) in [5.41, 5.74) is 3.90. The van der Waals surface area contributed by atoms with Gasteiger partial charge in [0.1, 0.15) is 11.3 Å². The van der Waals surface area contributed by atoms with Gasteiger partial charge in [0.2, 0.25) is 0 Å². The van der Waals surface area contributed by atoms with Gasteiger partial charge in [0.15, 0.2) is 0 Å². The minimum absolute atomic E-state index is 0.000878. The number of aromatic nitrogens is 1. The zero-order valence-electron chi connectivity index (χ0n) is 19.6. The van der Waals surface area contributed by atoms with E-state index in [-0.39, 0.29) is 11.5 Å². The third kappa shape index (κ3) is 4.51. The summed E-state index contributed by atoms with van der Waals surface area (Å²) in [6, 6.07) is 10.4. The predicted molar refractivity (Wildman–Crippen MR) is 129 cm³/mol. The van der Waals surface area contributed by atoms with Crippen molar-refractivity contribution in [3.05, 3.63) is 57.5 Å². The Morgan fingerprint density at radius 2 is 1.61 bits per heavy atom. The summed E-state index contributed by atoms with van der Waals surface area (Å²) in [4.78, 5) is 32.9. The first-order chi connectivity index (χ1) is 16.1. The van der Waals surface area contributed by atoms with Gasteiger partial charge in [0, 0.05) is 76.2 Å². The first kappa shape index (κ1) is 22.0. The van der Waals surface area contributed by atoms with Gasteiger partial charge in [0.05, 0.1) is 7.11 Å². The Morgan fingerprint density at radius 1 is 0.909 bits per heavy atom. The molecule has 7 nitrogen and oxygen atoms in total. The van der Waals surface area contributed by atoms with Crippen LogP contribution in [-0.2, 0) is 19.5 Å². The van der Waals surface area contributed by atoms with Crippen LogP contribution < -0.4 is 15.2 Å². The van der Waals surface area contributed by atoms with E-state index in [1.807, 2.05) is 4.90 Å². The van der Waals surface area contributed by atoms with Crippen molar-refractivity contribution in [2.75, 3.05) is 51.3 Å². The molecule has 33 heavy (non-hydrogen) atoms. The van der Waals surface area contributed by atoms with Gasteiger partial charge in [-0.2, -0.15) is 0 Å². The van der Waals surface area contributed by atoms with Crippen LogP contribution in [0.15, 0.2) is 35.1 Å². The number of nitrogens with zero attached hydrogens (tertiary/aromatic N) is 4. The Kier molecular flexibility index (Phi) is 6.40. The van der Waals surface area contributed by atoms with Gasteiger partial charge in [0.25, 0.3) is 11.5 Å².